The van der Waals surface area contributed by atoms with Crippen LogP contribution in [0.2, 0.25) is 0 Å². The Labute approximate surface area is 270 Å². The minimum atomic E-state index is -5.33. The standard InChI is InChI=1S/C33H39F3N4O7/c1-6-11-45-26-14-20-16-40(29(37)21(20)15-22(26)30(43)38-5)17-25(41)19-12-23(32(2,3)4)28(24(13-19)39-9-7-8-10-39)46-18-27(42)47-31(44)33(34,35)36/h12-15,37H,6-11,16-18H2,1-5H3,(H,38,43). The Morgan fingerprint density at radius 3 is 2.28 bits per heavy atom. The Hall–Kier alpha value is -4.62. The fourth-order valence-electron chi connectivity index (χ4n) is 5.47. The van der Waals surface area contributed by atoms with Crippen LogP contribution in [0.5, 0.6) is 11.5 Å². The van der Waals surface area contributed by atoms with E-state index < -0.39 is 30.1 Å². The lowest BCUT2D eigenvalue weighted by molar-refractivity contribution is -0.202. The number of benzene rings is 2. The molecular formula is C33H39F3N4O7. The number of carbonyl (C=O) groups is 4. The normalized spacial score (nSPS) is 14.6. The number of amides is 1. The number of ether oxygens (including phenoxy) is 3. The SMILES string of the molecule is CCCOc1cc2c(cc1C(=O)NC)C(=N)N(CC(=O)c1cc(N3CCCC3)c(OCC(=O)OC(=O)C(F)(F)F)c(C(C)(C)C)c1)C2. The highest BCUT2D eigenvalue weighted by atomic mass is 19.4. The van der Waals surface area contributed by atoms with E-state index in [1.54, 1.807) is 29.2 Å². The number of hydrogen-bond donors (Lipinski definition) is 2. The first-order valence-electron chi connectivity index (χ1n) is 15.3. The summed E-state index contributed by atoms with van der Waals surface area (Å²) in [4.78, 5) is 53.3. The van der Waals surface area contributed by atoms with Crippen LogP contribution in [0.4, 0.5) is 18.9 Å². The van der Waals surface area contributed by atoms with Gasteiger partial charge in [-0.3, -0.25) is 15.0 Å². The summed E-state index contributed by atoms with van der Waals surface area (Å²) in [7, 11) is 1.51. The molecule has 2 aromatic carbocycles. The fraction of sp³-hybridized carbons (Fsp3) is 0.485. The first kappa shape index (κ1) is 35.2. The van der Waals surface area contributed by atoms with Gasteiger partial charge >= 0.3 is 18.1 Å². The van der Waals surface area contributed by atoms with Crippen molar-refractivity contribution >= 4 is 35.2 Å². The second kappa shape index (κ2) is 14.0. The number of alkyl halides is 3. The van der Waals surface area contributed by atoms with Crippen LogP contribution in [0, 0.1) is 5.41 Å². The Bertz CT molecular complexity index is 1580. The molecule has 14 heteroatoms. The van der Waals surface area contributed by atoms with Gasteiger partial charge in [-0.15, -0.1) is 0 Å². The fourth-order valence-corrected chi connectivity index (χ4v) is 5.47. The number of fused-ring (bicyclic) bond motifs is 1. The Balaban J connectivity index is 1.63. The van der Waals surface area contributed by atoms with Crippen molar-refractivity contribution in [1.29, 1.82) is 5.41 Å². The third kappa shape index (κ3) is 8.03. The molecule has 47 heavy (non-hydrogen) atoms. The van der Waals surface area contributed by atoms with Crippen LogP contribution in [0.3, 0.4) is 0 Å². The van der Waals surface area contributed by atoms with E-state index in [9.17, 15) is 32.3 Å². The molecule has 0 spiro atoms. The molecule has 0 unspecified atom stereocenters. The predicted octanol–water partition coefficient (Wildman–Crippen LogP) is 4.77. The second-order valence-electron chi connectivity index (χ2n) is 12.4. The van der Waals surface area contributed by atoms with Crippen molar-refractivity contribution in [3.8, 4) is 11.5 Å². The van der Waals surface area contributed by atoms with E-state index in [2.05, 4.69) is 10.1 Å². The molecule has 11 nitrogen and oxygen atoms in total. The zero-order valence-corrected chi connectivity index (χ0v) is 27.1. The highest BCUT2D eigenvalue weighted by Crippen LogP contribution is 2.42. The molecule has 254 valence electrons. The summed E-state index contributed by atoms with van der Waals surface area (Å²) < 4.78 is 53.3. The van der Waals surface area contributed by atoms with Crippen molar-refractivity contribution in [3.05, 3.63) is 52.1 Å². The van der Waals surface area contributed by atoms with Gasteiger partial charge < -0.3 is 29.3 Å². The first-order chi connectivity index (χ1) is 22.0. The number of nitrogens with one attached hydrogen (secondary N) is 2. The molecule has 1 saturated heterocycles. The zero-order valence-electron chi connectivity index (χ0n) is 27.1. The summed E-state index contributed by atoms with van der Waals surface area (Å²) in [6.45, 7) is 8.32. The molecule has 2 heterocycles. The van der Waals surface area contributed by atoms with Gasteiger partial charge in [-0.25, -0.2) is 9.59 Å². The second-order valence-corrected chi connectivity index (χ2v) is 12.4. The van der Waals surface area contributed by atoms with Gasteiger partial charge in [-0.1, -0.05) is 27.7 Å². The number of halogens is 3. The molecule has 2 aliphatic rings. The zero-order chi connectivity index (χ0) is 34.7. The molecule has 1 amide bonds. The predicted molar refractivity (Wildman–Crippen MR) is 166 cm³/mol. The van der Waals surface area contributed by atoms with Gasteiger partial charge in [0.05, 0.1) is 24.4 Å². The Morgan fingerprint density at radius 1 is 1.00 bits per heavy atom. The number of anilines is 1. The minimum absolute atomic E-state index is 0.0863. The number of carbonyl (C=O) groups excluding carboxylic acids is 4. The van der Waals surface area contributed by atoms with E-state index in [1.165, 1.54) is 7.05 Å². The molecule has 4 rings (SSSR count). The molecule has 0 aliphatic carbocycles. The van der Waals surface area contributed by atoms with Crippen molar-refractivity contribution in [3.63, 3.8) is 0 Å². The lowest BCUT2D eigenvalue weighted by Gasteiger charge is -2.29. The maximum atomic E-state index is 13.9. The largest absolute Gasteiger partial charge is 0.493 e. The van der Waals surface area contributed by atoms with Gasteiger partial charge in [-0.05, 0) is 54.5 Å². The first-order valence-corrected chi connectivity index (χ1v) is 15.3. The van der Waals surface area contributed by atoms with Crippen LogP contribution in [-0.2, 0) is 26.3 Å². The van der Waals surface area contributed by atoms with Crippen LogP contribution in [0.1, 0.15) is 84.4 Å². The van der Waals surface area contributed by atoms with Gasteiger partial charge in [0.1, 0.15) is 17.3 Å². The van der Waals surface area contributed by atoms with Crippen LogP contribution in [0.15, 0.2) is 24.3 Å². The van der Waals surface area contributed by atoms with E-state index in [-0.39, 0.29) is 36.4 Å². The summed E-state index contributed by atoms with van der Waals surface area (Å²) in [6.07, 6.45) is -2.88. The number of ketones is 1. The third-order valence-corrected chi connectivity index (χ3v) is 7.82. The maximum Gasteiger partial charge on any atom is 0.491 e. The lowest BCUT2D eigenvalue weighted by atomic mass is 9.84. The quantitative estimate of drug-likeness (QED) is 0.198. The van der Waals surface area contributed by atoms with E-state index in [0.717, 1.165) is 24.8 Å². The van der Waals surface area contributed by atoms with Crippen LogP contribution < -0.4 is 19.7 Å². The van der Waals surface area contributed by atoms with Crippen molar-refractivity contribution in [1.82, 2.24) is 10.2 Å². The molecule has 2 aliphatic heterocycles. The molecular weight excluding hydrogens is 621 g/mol. The van der Waals surface area contributed by atoms with Gasteiger partial charge in [0, 0.05) is 43.4 Å². The monoisotopic (exact) mass is 660 g/mol. The molecule has 0 aromatic heterocycles. The molecule has 0 radical (unpaired) electrons. The van der Waals surface area contributed by atoms with Crippen molar-refractivity contribution in [2.24, 2.45) is 0 Å². The summed E-state index contributed by atoms with van der Waals surface area (Å²) in [5.74, 6) is -4.10. The topological polar surface area (TPSA) is 138 Å². The smallest absolute Gasteiger partial charge is 0.491 e. The summed E-state index contributed by atoms with van der Waals surface area (Å²) in [6, 6.07) is 6.58. The van der Waals surface area contributed by atoms with Crippen molar-refractivity contribution < 1.29 is 46.6 Å². The number of amidine groups is 1. The summed E-state index contributed by atoms with van der Waals surface area (Å²) in [5.41, 5.74) is 2.25. The van der Waals surface area contributed by atoms with Crippen molar-refractivity contribution in [2.45, 2.75) is 65.1 Å². The molecule has 1 fully saturated rings. The lowest BCUT2D eigenvalue weighted by Crippen LogP contribution is -2.31. The van der Waals surface area contributed by atoms with Gasteiger partial charge in [0.25, 0.3) is 5.91 Å². The summed E-state index contributed by atoms with van der Waals surface area (Å²) in [5, 5.41) is 11.4. The highest BCUT2D eigenvalue weighted by Gasteiger charge is 2.42. The van der Waals surface area contributed by atoms with Crippen LogP contribution in [0.25, 0.3) is 0 Å². The van der Waals surface area contributed by atoms with E-state index in [1.807, 2.05) is 32.6 Å². The van der Waals surface area contributed by atoms with E-state index in [0.29, 0.717) is 53.4 Å². The third-order valence-electron chi connectivity index (χ3n) is 7.82. The van der Waals surface area contributed by atoms with E-state index >= 15 is 0 Å². The Kier molecular flexibility index (Phi) is 10.5. The summed E-state index contributed by atoms with van der Waals surface area (Å²) >= 11 is 0. The molecule has 0 saturated carbocycles. The number of rotatable bonds is 11. The maximum absolute atomic E-state index is 13.9. The van der Waals surface area contributed by atoms with Crippen LogP contribution in [-0.4, -0.2) is 80.4 Å². The number of nitrogens with zero attached hydrogens (tertiary/aromatic N) is 2. The number of Topliss-reactive ketones (excluding diaryl/α,β-unsaturated/α-hetero) is 1. The molecule has 2 aromatic rings. The Morgan fingerprint density at radius 2 is 1.68 bits per heavy atom. The van der Waals surface area contributed by atoms with Gasteiger partial charge in [0.15, 0.2) is 12.4 Å². The number of hydrogen-bond acceptors (Lipinski definition) is 9. The highest BCUT2D eigenvalue weighted by molar-refractivity contribution is 6.08. The molecule has 0 atom stereocenters. The van der Waals surface area contributed by atoms with Gasteiger partial charge in [-0.2, -0.15) is 13.2 Å². The van der Waals surface area contributed by atoms with E-state index in [4.69, 9.17) is 14.9 Å². The van der Waals surface area contributed by atoms with Crippen LogP contribution >= 0.6 is 0 Å². The minimum Gasteiger partial charge on any atom is -0.493 e. The van der Waals surface area contributed by atoms with Crippen molar-refractivity contribution in [2.75, 3.05) is 44.8 Å². The number of esters is 2. The average molecular weight is 661 g/mol. The molecule has 0 bridgehead atoms. The van der Waals surface area contributed by atoms with Gasteiger partial charge in [0.2, 0.25) is 0 Å². The average Bonchev–Trinajstić information content (AvgIpc) is 3.65. The molecule has 2 N–H and O–H groups in total.